The molecule has 0 N–H and O–H groups in total. The van der Waals surface area contributed by atoms with Gasteiger partial charge in [-0.2, -0.15) is 0 Å². The average Bonchev–Trinajstić information content (AvgIpc) is 3.20. The van der Waals surface area contributed by atoms with E-state index in [1.54, 1.807) is 20.8 Å². The van der Waals surface area contributed by atoms with E-state index < -0.39 is 41.4 Å². The number of nitrogens with zero attached hydrogens (tertiary/aromatic N) is 2. The molecule has 1 aromatic rings. The highest BCUT2D eigenvalue weighted by atomic mass is 19.4. The highest BCUT2D eigenvalue weighted by molar-refractivity contribution is 5.97. The standard InChI is InChI=1S/C18H20F4N2O4/c1-17(2,3)28-16(26)23-13-7-10(13)8-14(23)15(25)24(22)11-5-4-6-12(9-11)27-18(19,20)21/h4-6,9-10,13-14H,7-8H2,1-3H3/t10-,13-,14+/m1/s1. The summed E-state index contributed by atoms with van der Waals surface area (Å²) in [7, 11) is 0. The van der Waals surface area contributed by atoms with E-state index >= 15 is 0 Å². The molecule has 1 aliphatic heterocycles. The highest BCUT2D eigenvalue weighted by Crippen LogP contribution is 2.49. The molecule has 1 aromatic carbocycles. The molecule has 2 aliphatic rings. The molecule has 1 aliphatic carbocycles. The van der Waals surface area contributed by atoms with Gasteiger partial charge in [0.1, 0.15) is 17.4 Å². The lowest BCUT2D eigenvalue weighted by molar-refractivity contribution is -0.274. The van der Waals surface area contributed by atoms with Crippen LogP contribution in [-0.4, -0.2) is 40.9 Å². The number of likely N-dealkylation sites (tertiary alicyclic amines) is 1. The Labute approximate surface area is 158 Å². The van der Waals surface area contributed by atoms with Crippen molar-refractivity contribution in [2.75, 3.05) is 5.12 Å². The second-order valence-electron chi connectivity index (χ2n) is 7.87. The maximum Gasteiger partial charge on any atom is 0.573 e. The fourth-order valence-electron chi connectivity index (χ4n) is 3.31. The molecular weight excluding hydrogens is 384 g/mol. The average molecular weight is 404 g/mol. The Balaban J connectivity index is 1.76. The predicted octanol–water partition coefficient (Wildman–Crippen LogP) is 4.20. The highest BCUT2D eigenvalue weighted by Gasteiger charge is 2.58. The third kappa shape index (κ3) is 4.48. The predicted molar refractivity (Wildman–Crippen MR) is 90.1 cm³/mol. The smallest absolute Gasteiger partial charge is 0.444 e. The van der Waals surface area contributed by atoms with Crippen LogP contribution in [0.5, 0.6) is 5.75 Å². The molecule has 1 heterocycles. The van der Waals surface area contributed by atoms with E-state index in [-0.39, 0.29) is 23.5 Å². The zero-order valence-electron chi connectivity index (χ0n) is 15.5. The molecule has 10 heteroatoms. The van der Waals surface area contributed by atoms with Crippen molar-refractivity contribution >= 4 is 17.7 Å². The summed E-state index contributed by atoms with van der Waals surface area (Å²) in [5.74, 6) is -1.60. The molecule has 0 bridgehead atoms. The van der Waals surface area contributed by atoms with E-state index in [0.717, 1.165) is 24.3 Å². The molecule has 0 spiro atoms. The number of rotatable bonds is 3. The second-order valence-corrected chi connectivity index (χ2v) is 7.87. The molecule has 0 radical (unpaired) electrons. The van der Waals surface area contributed by atoms with Gasteiger partial charge in [0.05, 0.1) is 5.69 Å². The number of hydrogen-bond donors (Lipinski definition) is 0. The Morgan fingerprint density at radius 1 is 1.18 bits per heavy atom. The second kappa shape index (κ2) is 6.82. The van der Waals surface area contributed by atoms with Gasteiger partial charge in [-0.15, -0.1) is 18.3 Å². The number of fused-ring (bicyclic) bond motifs is 1. The zero-order chi connectivity index (χ0) is 20.9. The maximum atomic E-state index is 14.7. The summed E-state index contributed by atoms with van der Waals surface area (Å²) in [4.78, 5) is 26.3. The van der Waals surface area contributed by atoms with Crippen LogP contribution in [0.25, 0.3) is 0 Å². The zero-order valence-corrected chi connectivity index (χ0v) is 15.5. The van der Waals surface area contributed by atoms with Crippen LogP contribution in [0.2, 0.25) is 0 Å². The molecule has 2 amide bonds. The Morgan fingerprint density at radius 2 is 1.86 bits per heavy atom. The molecule has 1 saturated heterocycles. The first-order valence-electron chi connectivity index (χ1n) is 8.72. The molecule has 3 atom stereocenters. The number of hydrogen-bond acceptors (Lipinski definition) is 4. The molecule has 28 heavy (non-hydrogen) atoms. The first-order chi connectivity index (χ1) is 12.9. The van der Waals surface area contributed by atoms with E-state index in [2.05, 4.69) is 4.74 Å². The summed E-state index contributed by atoms with van der Waals surface area (Å²) < 4.78 is 60.8. The summed E-state index contributed by atoms with van der Waals surface area (Å²) in [6.45, 7) is 5.03. The van der Waals surface area contributed by atoms with Crippen LogP contribution < -0.4 is 9.86 Å². The van der Waals surface area contributed by atoms with E-state index in [1.807, 2.05) is 0 Å². The van der Waals surface area contributed by atoms with Gasteiger partial charge in [-0.3, -0.25) is 9.69 Å². The van der Waals surface area contributed by atoms with Crippen LogP contribution in [-0.2, 0) is 9.53 Å². The van der Waals surface area contributed by atoms with Crippen molar-refractivity contribution in [3.05, 3.63) is 24.3 Å². The van der Waals surface area contributed by atoms with Crippen molar-refractivity contribution < 1.29 is 36.7 Å². The molecule has 6 nitrogen and oxygen atoms in total. The monoisotopic (exact) mass is 404 g/mol. The van der Waals surface area contributed by atoms with Crippen molar-refractivity contribution in [2.24, 2.45) is 5.92 Å². The van der Waals surface area contributed by atoms with Crippen molar-refractivity contribution in [3.8, 4) is 5.75 Å². The molecule has 154 valence electrons. The molecule has 2 fully saturated rings. The van der Waals surface area contributed by atoms with Gasteiger partial charge < -0.3 is 9.47 Å². The van der Waals surface area contributed by atoms with Crippen LogP contribution in [0, 0.1) is 5.92 Å². The van der Waals surface area contributed by atoms with Crippen molar-refractivity contribution in [3.63, 3.8) is 0 Å². The number of carbonyl (C=O) groups is 2. The lowest BCUT2D eigenvalue weighted by Crippen LogP contribution is -2.49. The number of amides is 2. The first kappa shape index (κ1) is 20.2. The summed E-state index contributed by atoms with van der Waals surface area (Å²) in [6.07, 6.45) is -4.66. The van der Waals surface area contributed by atoms with Crippen LogP contribution in [0.4, 0.5) is 28.1 Å². The number of benzene rings is 1. The van der Waals surface area contributed by atoms with Crippen molar-refractivity contribution in [1.29, 1.82) is 0 Å². The summed E-state index contributed by atoms with van der Waals surface area (Å²) in [6, 6.07) is 2.77. The summed E-state index contributed by atoms with van der Waals surface area (Å²) in [5.41, 5.74) is -1.20. The van der Waals surface area contributed by atoms with Crippen LogP contribution in [0.15, 0.2) is 24.3 Å². The van der Waals surface area contributed by atoms with Gasteiger partial charge in [0.2, 0.25) is 0 Å². The minimum atomic E-state index is -4.94. The van der Waals surface area contributed by atoms with Gasteiger partial charge in [0.15, 0.2) is 0 Å². The molecule has 0 unspecified atom stereocenters. The molecule has 3 rings (SSSR count). The number of anilines is 1. The first-order valence-corrected chi connectivity index (χ1v) is 8.72. The third-order valence-electron chi connectivity index (χ3n) is 4.47. The number of halogens is 4. The quantitative estimate of drug-likeness (QED) is 0.560. The lowest BCUT2D eigenvalue weighted by atomic mass is 10.1. The van der Waals surface area contributed by atoms with Crippen molar-refractivity contribution in [2.45, 2.75) is 57.7 Å². The SMILES string of the molecule is CC(C)(C)OC(=O)N1[C@@H]2C[C@@H]2C[C@H]1C(=O)N(F)c1cccc(OC(F)(F)F)c1. The van der Waals surface area contributed by atoms with E-state index in [0.29, 0.717) is 6.42 Å². The van der Waals surface area contributed by atoms with E-state index in [1.165, 1.54) is 4.90 Å². The van der Waals surface area contributed by atoms with Gasteiger partial charge in [-0.25, -0.2) is 4.79 Å². The van der Waals surface area contributed by atoms with Gasteiger partial charge in [-0.05, 0) is 51.7 Å². The Kier molecular flexibility index (Phi) is 4.93. The topological polar surface area (TPSA) is 59.1 Å². The fraction of sp³-hybridized carbons (Fsp3) is 0.556. The van der Waals surface area contributed by atoms with Gasteiger partial charge in [-0.1, -0.05) is 10.5 Å². The van der Waals surface area contributed by atoms with E-state index in [4.69, 9.17) is 4.74 Å². The Hall–Kier alpha value is -2.52. The van der Waals surface area contributed by atoms with Gasteiger partial charge >= 0.3 is 12.5 Å². The number of ether oxygens (including phenoxy) is 2. The minimum Gasteiger partial charge on any atom is -0.444 e. The number of alkyl halides is 3. The minimum absolute atomic E-state index is 0.0924. The summed E-state index contributed by atoms with van der Waals surface area (Å²) in [5, 5.41) is -0.254. The lowest BCUT2D eigenvalue weighted by Gasteiger charge is -2.30. The van der Waals surface area contributed by atoms with Gasteiger partial charge in [0.25, 0.3) is 5.91 Å². The normalized spacial score (nSPS) is 23.8. The van der Waals surface area contributed by atoms with Crippen LogP contribution >= 0.6 is 0 Å². The maximum absolute atomic E-state index is 14.7. The Morgan fingerprint density at radius 3 is 2.46 bits per heavy atom. The number of carbonyl (C=O) groups excluding carboxylic acids is 2. The summed E-state index contributed by atoms with van der Waals surface area (Å²) >= 11 is 0. The number of piperidine rings is 1. The van der Waals surface area contributed by atoms with Crippen LogP contribution in [0.3, 0.4) is 0 Å². The molecule has 1 saturated carbocycles. The third-order valence-corrected chi connectivity index (χ3v) is 4.47. The van der Waals surface area contributed by atoms with Crippen LogP contribution in [0.1, 0.15) is 33.6 Å². The molecular formula is C18H20F4N2O4. The van der Waals surface area contributed by atoms with Gasteiger partial charge in [0, 0.05) is 12.1 Å². The van der Waals surface area contributed by atoms with Crippen molar-refractivity contribution in [1.82, 2.24) is 4.90 Å². The fourth-order valence-corrected chi connectivity index (χ4v) is 3.31. The largest absolute Gasteiger partial charge is 0.573 e. The van der Waals surface area contributed by atoms with E-state index in [9.17, 15) is 27.2 Å². The molecule has 0 aromatic heterocycles. The Bertz CT molecular complexity index is 778.